The van der Waals surface area contributed by atoms with Gasteiger partial charge in [-0.1, -0.05) is 35.9 Å². The van der Waals surface area contributed by atoms with Crippen molar-refractivity contribution < 1.29 is 9.53 Å². The zero-order chi connectivity index (χ0) is 19.7. The summed E-state index contributed by atoms with van der Waals surface area (Å²) in [6.45, 7) is 1.69. The van der Waals surface area contributed by atoms with Gasteiger partial charge in [0.2, 0.25) is 11.1 Å². The number of ether oxygens (including phenoxy) is 1. The molecule has 0 bridgehead atoms. The van der Waals surface area contributed by atoms with Crippen LogP contribution in [0.15, 0.2) is 59.4 Å². The van der Waals surface area contributed by atoms with Crippen LogP contribution in [-0.4, -0.2) is 20.7 Å². The Morgan fingerprint density at radius 1 is 1.18 bits per heavy atom. The van der Waals surface area contributed by atoms with Gasteiger partial charge in [0, 0.05) is 11.8 Å². The van der Waals surface area contributed by atoms with Crippen LogP contribution in [0.5, 0.6) is 0 Å². The van der Waals surface area contributed by atoms with Crippen molar-refractivity contribution in [2.45, 2.75) is 13.5 Å². The molecular formula is C20H14ClN3O3S. The molecule has 4 aromatic rings. The summed E-state index contributed by atoms with van der Waals surface area (Å²) < 4.78 is 7.74. The van der Waals surface area contributed by atoms with Gasteiger partial charge in [0.25, 0.3) is 0 Å². The van der Waals surface area contributed by atoms with Gasteiger partial charge in [-0.2, -0.15) is 5.10 Å². The molecule has 6 nitrogen and oxygen atoms in total. The standard InChI is InChI=1S/C20H14ClN3O3S/c1-12-10-16(25)19(23-24(12)15-8-4-2-6-13(15)21)20(26)27-11-18-22-14-7-3-5-9-17(14)28-18/h2-10H,11H2,1H3. The third kappa shape index (κ3) is 3.54. The van der Waals surface area contributed by atoms with E-state index >= 15 is 0 Å². The fraction of sp³-hybridized carbons (Fsp3) is 0.100. The van der Waals surface area contributed by atoms with E-state index in [2.05, 4.69) is 10.1 Å². The normalized spacial score (nSPS) is 10.9. The van der Waals surface area contributed by atoms with Crippen LogP contribution in [-0.2, 0) is 11.3 Å². The van der Waals surface area contributed by atoms with Crippen molar-refractivity contribution in [3.63, 3.8) is 0 Å². The van der Waals surface area contributed by atoms with E-state index in [1.807, 2.05) is 24.3 Å². The highest BCUT2D eigenvalue weighted by Crippen LogP contribution is 2.22. The van der Waals surface area contributed by atoms with Crippen molar-refractivity contribution >= 4 is 39.1 Å². The number of thiazole rings is 1. The minimum Gasteiger partial charge on any atom is -0.453 e. The Labute approximate surface area is 169 Å². The minimum atomic E-state index is -0.801. The molecule has 0 fully saturated rings. The number of benzene rings is 2. The smallest absolute Gasteiger partial charge is 0.363 e. The average molecular weight is 412 g/mol. The van der Waals surface area contributed by atoms with E-state index in [-0.39, 0.29) is 12.3 Å². The van der Waals surface area contributed by atoms with Crippen LogP contribution >= 0.6 is 22.9 Å². The number of halogens is 1. The van der Waals surface area contributed by atoms with Gasteiger partial charge in [0.1, 0.15) is 11.6 Å². The fourth-order valence-corrected chi connectivity index (χ4v) is 3.83. The summed E-state index contributed by atoms with van der Waals surface area (Å²) in [5.74, 6) is -0.801. The quantitative estimate of drug-likeness (QED) is 0.471. The Kier molecular flexibility index (Phi) is 4.93. The molecule has 0 N–H and O–H groups in total. The van der Waals surface area contributed by atoms with Crippen molar-refractivity contribution in [1.82, 2.24) is 14.8 Å². The van der Waals surface area contributed by atoms with Crippen molar-refractivity contribution in [3.05, 3.63) is 86.2 Å². The molecule has 0 saturated carbocycles. The summed E-state index contributed by atoms with van der Waals surface area (Å²) >= 11 is 7.65. The number of fused-ring (bicyclic) bond motifs is 1. The molecule has 0 amide bonds. The Morgan fingerprint density at radius 2 is 1.93 bits per heavy atom. The number of hydrogen-bond acceptors (Lipinski definition) is 6. The van der Waals surface area contributed by atoms with Crippen molar-refractivity contribution in [2.75, 3.05) is 0 Å². The highest BCUT2D eigenvalue weighted by atomic mass is 35.5. The largest absolute Gasteiger partial charge is 0.453 e. The molecule has 4 rings (SSSR count). The molecule has 0 aliphatic rings. The van der Waals surface area contributed by atoms with Crippen molar-refractivity contribution in [3.8, 4) is 5.69 Å². The highest BCUT2D eigenvalue weighted by Gasteiger charge is 2.18. The number of carbonyl (C=O) groups excluding carboxylic acids is 1. The van der Waals surface area contributed by atoms with Gasteiger partial charge in [-0.05, 0) is 31.2 Å². The first-order valence-electron chi connectivity index (χ1n) is 8.40. The van der Waals surface area contributed by atoms with E-state index < -0.39 is 11.4 Å². The Hall–Kier alpha value is -3.03. The second-order valence-electron chi connectivity index (χ2n) is 6.01. The number of esters is 1. The molecule has 2 aromatic heterocycles. The Balaban J connectivity index is 1.61. The first kappa shape index (κ1) is 18.3. The summed E-state index contributed by atoms with van der Waals surface area (Å²) in [7, 11) is 0. The molecule has 0 unspecified atom stereocenters. The Morgan fingerprint density at radius 3 is 2.71 bits per heavy atom. The molecule has 140 valence electrons. The molecule has 2 aromatic carbocycles. The summed E-state index contributed by atoms with van der Waals surface area (Å²) in [6, 6.07) is 16.0. The van der Waals surface area contributed by atoms with Gasteiger partial charge in [-0.15, -0.1) is 11.3 Å². The van der Waals surface area contributed by atoms with Crippen molar-refractivity contribution in [2.24, 2.45) is 0 Å². The number of aryl methyl sites for hydroxylation is 1. The molecule has 0 atom stereocenters. The van der Waals surface area contributed by atoms with Crippen molar-refractivity contribution in [1.29, 1.82) is 0 Å². The number of aromatic nitrogens is 3. The third-order valence-corrected chi connectivity index (χ3v) is 5.38. The van der Waals surface area contributed by atoms with Crippen LogP contribution < -0.4 is 5.43 Å². The lowest BCUT2D eigenvalue weighted by Gasteiger charge is -2.12. The molecule has 0 saturated heterocycles. The predicted molar refractivity (Wildman–Crippen MR) is 108 cm³/mol. The van der Waals surface area contributed by atoms with E-state index in [1.54, 1.807) is 31.2 Å². The van der Waals surface area contributed by atoms with Crippen LogP contribution in [0.3, 0.4) is 0 Å². The number of para-hydroxylation sites is 2. The lowest BCUT2D eigenvalue weighted by atomic mass is 10.3. The van der Waals surface area contributed by atoms with E-state index in [4.69, 9.17) is 16.3 Å². The van der Waals surface area contributed by atoms with Gasteiger partial charge in [-0.3, -0.25) is 4.79 Å². The maximum Gasteiger partial charge on any atom is 0.363 e. The third-order valence-electron chi connectivity index (χ3n) is 4.05. The Bertz CT molecular complexity index is 1220. The van der Waals surface area contributed by atoms with Gasteiger partial charge in [0.15, 0.2) is 0 Å². The van der Waals surface area contributed by atoms with Crippen LogP contribution in [0, 0.1) is 6.92 Å². The second kappa shape index (κ2) is 7.53. The zero-order valence-corrected chi connectivity index (χ0v) is 16.3. The van der Waals surface area contributed by atoms with Crippen LogP contribution in [0.25, 0.3) is 15.9 Å². The molecular weight excluding hydrogens is 398 g/mol. The van der Waals surface area contributed by atoms with Gasteiger partial charge < -0.3 is 4.74 Å². The monoisotopic (exact) mass is 411 g/mol. The summed E-state index contributed by atoms with van der Waals surface area (Å²) in [5.41, 5.74) is 1.16. The molecule has 28 heavy (non-hydrogen) atoms. The number of carbonyl (C=O) groups is 1. The van der Waals surface area contributed by atoms with E-state index in [0.29, 0.717) is 21.4 Å². The van der Waals surface area contributed by atoms with Gasteiger partial charge >= 0.3 is 5.97 Å². The maximum atomic E-state index is 12.5. The SMILES string of the molecule is Cc1cc(=O)c(C(=O)OCc2nc3ccccc3s2)nn1-c1ccccc1Cl. The molecule has 0 aliphatic carbocycles. The van der Waals surface area contributed by atoms with Gasteiger partial charge in [0.05, 0.1) is 20.9 Å². The molecule has 8 heteroatoms. The molecule has 0 radical (unpaired) electrons. The summed E-state index contributed by atoms with van der Waals surface area (Å²) in [4.78, 5) is 29.2. The minimum absolute atomic E-state index is 0.0285. The number of nitrogens with zero attached hydrogens (tertiary/aromatic N) is 3. The molecule has 2 heterocycles. The lowest BCUT2D eigenvalue weighted by molar-refractivity contribution is 0.0461. The van der Waals surface area contributed by atoms with E-state index in [1.165, 1.54) is 22.1 Å². The molecule has 0 spiro atoms. The average Bonchev–Trinajstić information content (AvgIpc) is 3.10. The second-order valence-corrected chi connectivity index (χ2v) is 7.54. The number of hydrogen-bond donors (Lipinski definition) is 0. The topological polar surface area (TPSA) is 74.1 Å². The fourth-order valence-electron chi connectivity index (χ4n) is 2.73. The highest BCUT2D eigenvalue weighted by molar-refractivity contribution is 7.18. The first-order valence-corrected chi connectivity index (χ1v) is 9.60. The van der Waals surface area contributed by atoms with E-state index in [9.17, 15) is 9.59 Å². The van der Waals surface area contributed by atoms with Crippen LogP contribution in [0.1, 0.15) is 21.2 Å². The van der Waals surface area contributed by atoms with Crippen LogP contribution in [0.2, 0.25) is 5.02 Å². The van der Waals surface area contributed by atoms with Crippen LogP contribution in [0.4, 0.5) is 0 Å². The van der Waals surface area contributed by atoms with Gasteiger partial charge in [-0.25, -0.2) is 14.5 Å². The first-order chi connectivity index (χ1) is 13.5. The zero-order valence-electron chi connectivity index (χ0n) is 14.8. The summed E-state index contributed by atoms with van der Waals surface area (Å²) in [6.07, 6.45) is 0. The summed E-state index contributed by atoms with van der Waals surface area (Å²) in [5, 5.41) is 5.29. The lowest BCUT2D eigenvalue weighted by Crippen LogP contribution is -2.24. The van der Waals surface area contributed by atoms with E-state index in [0.717, 1.165) is 10.2 Å². The molecule has 0 aliphatic heterocycles. The maximum absolute atomic E-state index is 12.5. The predicted octanol–water partition coefficient (Wildman–Crippen LogP) is 4.16. The number of rotatable bonds is 4.